The van der Waals surface area contributed by atoms with Crippen molar-refractivity contribution in [2.45, 2.75) is 38.3 Å². The van der Waals surface area contributed by atoms with E-state index in [0.717, 1.165) is 17.9 Å². The van der Waals surface area contributed by atoms with Crippen LogP contribution in [0.4, 0.5) is 0 Å². The van der Waals surface area contributed by atoms with E-state index in [-0.39, 0.29) is 12.4 Å². The fraction of sp³-hybridized carbons (Fsp3) is 0.500. The molecule has 0 aliphatic heterocycles. The molecule has 1 aromatic rings. The molecule has 1 aliphatic carbocycles. The molecule has 0 radical (unpaired) electrons. The smallest absolute Gasteiger partial charge is 0.166 e. The largest absolute Gasteiger partial charge is 1.00 e. The minimum Gasteiger partial charge on any atom is -1.00 e. The van der Waals surface area contributed by atoms with Crippen LogP contribution in [-0.2, 0) is 6.54 Å². The third kappa shape index (κ3) is 5.10. The number of ether oxygens (including phenoxy) is 2. The quantitative estimate of drug-likeness (QED) is 0.755. The van der Waals surface area contributed by atoms with Gasteiger partial charge in [-0.3, -0.25) is 0 Å². The van der Waals surface area contributed by atoms with E-state index >= 15 is 0 Å². The molecule has 118 valence electrons. The zero-order valence-electron chi connectivity index (χ0n) is 12.3. The molecule has 1 aromatic carbocycles. The van der Waals surface area contributed by atoms with Gasteiger partial charge in [0.05, 0.1) is 7.11 Å². The zero-order valence-corrected chi connectivity index (χ0v) is 13.8. The van der Waals surface area contributed by atoms with Crippen LogP contribution in [0.5, 0.6) is 11.5 Å². The summed E-state index contributed by atoms with van der Waals surface area (Å²) in [7, 11) is 1.63. The molecule has 0 saturated heterocycles. The number of hydrogen-bond donors (Lipinski definition) is 1. The van der Waals surface area contributed by atoms with Crippen molar-refractivity contribution in [2.24, 2.45) is 0 Å². The highest BCUT2D eigenvalue weighted by molar-refractivity contribution is 6.30. The average molecular weight is 331 g/mol. The molecular formula is C16H22Cl2NO2-. The summed E-state index contributed by atoms with van der Waals surface area (Å²) in [5, 5.41) is 4.24. The van der Waals surface area contributed by atoms with Gasteiger partial charge in [-0.2, -0.15) is 0 Å². The first kappa shape index (κ1) is 18.1. The van der Waals surface area contributed by atoms with Crippen LogP contribution >= 0.6 is 11.6 Å². The van der Waals surface area contributed by atoms with E-state index in [0.29, 0.717) is 23.4 Å². The van der Waals surface area contributed by atoms with E-state index in [1.54, 1.807) is 19.3 Å². The van der Waals surface area contributed by atoms with E-state index in [4.69, 9.17) is 21.1 Å². The monoisotopic (exact) mass is 330 g/mol. The van der Waals surface area contributed by atoms with Crippen LogP contribution in [0.2, 0.25) is 5.02 Å². The topological polar surface area (TPSA) is 30.5 Å². The number of methoxy groups -OCH3 is 1. The molecule has 21 heavy (non-hydrogen) atoms. The Bertz CT molecular complexity index is 460. The van der Waals surface area contributed by atoms with Crippen molar-refractivity contribution in [1.29, 1.82) is 0 Å². The van der Waals surface area contributed by atoms with Crippen molar-refractivity contribution in [3.05, 3.63) is 35.4 Å². The molecule has 0 heterocycles. The molecule has 0 bridgehead atoms. The Morgan fingerprint density at radius 3 is 2.71 bits per heavy atom. The van der Waals surface area contributed by atoms with Gasteiger partial charge >= 0.3 is 0 Å². The number of hydrogen-bond acceptors (Lipinski definition) is 3. The third-order valence-electron chi connectivity index (χ3n) is 3.60. The van der Waals surface area contributed by atoms with Crippen LogP contribution in [0.1, 0.15) is 31.2 Å². The summed E-state index contributed by atoms with van der Waals surface area (Å²) >= 11 is 6.15. The van der Waals surface area contributed by atoms with Gasteiger partial charge in [0.25, 0.3) is 0 Å². The van der Waals surface area contributed by atoms with Crippen LogP contribution in [0.3, 0.4) is 0 Å². The summed E-state index contributed by atoms with van der Waals surface area (Å²) in [6.07, 6.45) is 6.86. The molecule has 1 N–H and O–H groups in total. The molecule has 1 fully saturated rings. The van der Waals surface area contributed by atoms with E-state index in [9.17, 15) is 0 Å². The summed E-state index contributed by atoms with van der Waals surface area (Å²) in [4.78, 5) is 0. The Labute approximate surface area is 138 Å². The van der Waals surface area contributed by atoms with Crippen LogP contribution in [0.25, 0.3) is 0 Å². The second-order valence-electron chi connectivity index (χ2n) is 5.06. The second-order valence-corrected chi connectivity index (χ2v) is 5.49. The fourth-order valence-corrected chi connectivity index (χ4v) is 2.83. The molecule has 0 spiro atoms. The lowest BCUT2D eigenvalue weighted by atomic mass is 10.1. The number of halogens is 2. The molecule has 5 heteroatoms. The lowest BCUT2D eigenvalue weighted by molar-refractivity contribution is -0.00000470. The van der Waals surface area contributed by atoms with Crippen LogP contribution in [-0.4, -0.2) is 19.8 Å². The molecule has 0 atom stereocenters. The normalized spacial score (nSPS) is 14.6. The van der Waals surface area contributed by atoms with Gasteiger partial charge in [-0.1, -0.05) is 37.1 Å². The average Bonchev–Trinajstić information content (AvgIpc) is 2.96. The van der Waals surface area contributed by atoms with Crippen molar-refractivity contribution in [3.8, 4) is 11.5 Å². The predicted octanol–water partition coefficient (Wildman–Crippen LogP) is 0.950. The molecule has 3 nitrogen and oxygen atoms in total. The molecule has 2 rings (SSSR count). The van der Waals surface area contributed by atoms with Gasteiger partial charge in [0.1, 0.15) is 6.61 Å². The summed E-state index contributed by atoms with van der Waals surface area (Å²) < 4.78 is 11.1. The number of rotatable bonds is 7. The minimum atomic E-state index is 0. The van der Waals surface area contributed by atoms with Crippen molar-refractivity contribution < 1.29 is 21.9 Å². The molecule has 1 saturated carbocycles. The van der Waals surface area contributed by atoms with Crippen molar-refractivity contribution in [3.63, 3.8) is 0 Å². The Kier molecular flexibility index (Phi) is 7.94. The zero-order chi connectivity index (χ0) is 14.4. The first-order valence-corrected chi connectivity index (χ1v) is 7.46. The first-order chi connectivity index (χ1) is 9.74. The molecule has 0 unspecified atom stereocenters. The molecule has 1 aliphatic rings. The first-order valence-electron chi connectivity index (χ1n) is 7.08. The van der Waals surface area contributed by atoms with Gasteiger partial charge in [0.2, 0.25) is 0 Å². The van der Waals surface area contributed by atoms with E-state index in [1.807, 2.05) is 6.07 Å². The van der Waals surface area contributed by atoms with Crippen molar-refractivity contribution in [2.75, 3.05) is 13.7 Å². The Morgan fingerprint density at radius 1 is 1.38 bits per heavy atom. The van der Waals surface area contributed by atoms with Crippen molar-refractivity contribution >= 4 is 11.6 Å². The van der Waals surface area contributed by atoms with E-state index < -0.39 is 0 Å². The maximum absolute atomic E-state index is 6.15. The number of nitrogens with one attached hydrogen (secondary N) is 1. The second kappa shape index (κ2) is 9.19. The van der Waals surface area contributed by atoms with Gasteiger partial charge in [0, 0.05) is 29.2 Å². The Morgan fingerprint density at radius 2 is 2.10 bits per heavy atom. The SMILES string of the molecule is C=CCOc1c(CNC2CCCC2)cc(Cl)cc1OC.[Cl-]. The highest BCUT2D eigenvalue weighted by Crippen LogP contribution is 2.35. The standard InChI is InChI=1S/C16H22ClNO2.ClH/c1-3-8-20-16-12(9-13(17)10-15(16)19-2)11-18-14-6-4-5-7-14;/h3,9-10,14,18H,1,4-8,11H2,2H3;1H/p-1. The summed E-state index contributed by atoms with van der Waals surface area (Å²) in [5.74, 6) is 1.42. The van der Waals surface area contributed by atoms with Crippen LogP contribution in [0.15, 0.2) is 24.8 Å². The maximum atomic E-state index is 6.15. The van der Waals surface area contributed by atoms with Gasteiger partial charge in [0.15, 0.2) is 11.5 Å². The molecule has 0 amide bonds. The maximum Gasteiger partial charge on any atom is 0.166 e. The summed E-state index contributed by atoms with van der Waals surface area (Å²) in [5.41, 5.74) is 1.03. The third-order valence-corrected chi connectivity index (χ3v) is 3.82. The van der Waals surface area contributed by atoms with Crippen LogP contribution < -0.4 is 27.2 Å². The van der Waals surface area contributed by atoms with Gasteiger partial charge in [-0.15, -0.1) is 0 Å². The molecular weight excluding hydrogens is 309 g/mol. The summed E-state index contributed by atoms with van der Waals surface area (Å²) in [6, 6.07) is 4.32. The lowest BCUT2D eigenvalue weighted by Crippen LogP contribution is -3.00. The van der Waals surface area contributed by atoms with Gasteiger partial charge < -0.3 is 27.2 Å². The van der Waals surface area contributed by atoms with E-state index in [2.05, 4.69) is 11.9 Å². The predicted molar refractivity (Wildman–Crippen MR) is 82.8 cm³/mol. The fourth-order valence-electron chi connectivity index (χ4n) is 2.60. The van der Waals surface area contributed by atoms with Gasteiger partial charge in [-0.05, 0) is 18.9 Å². The lowest BCUT2D eigenvalue weighted by Gasteiger charge is -2.17. The highest BCUT2D eigenvalue weighted by Gasteiger charge is 2.17. The van der Waals surface area contributed by atoms with E-state index in [1.165, 1.54) is 25.7 Å². The van der Waals surface area contributed by atoms with Gasteiger partial charge in [-0.25, -0.2) is 0 Å². The minimum absolute atomic E-state index is 0. The van der Waals surface area contributed by atoms with Crippen LogP contribution in [0, 0.1) is 0 Å². The highest BCUT2D eigenvalue weighted by atomic mass is 35.5. The summed E-state index contributed by atoms with van der Waals surface area (Å²) in [6.45, 7) is 4.88. The Hall–Kier alpha value is -0.900. The Balaban J connectivity index is 0.00000220. The number of benzene rings is 1. The van der Waals surface area contributed by atoms with Crippen molar-refractivity contribution in [1.82, 2.24) is 5.32 Å². The molecule has 0 aromatic heterocycles.